The molecule has 7 N–H and O–H groups in total. The smallest absolute Gasteiger partial charge is 0.328 e. The van der Waals surface area contributed by atoms with Crippen molar-refractivity contribution in [2.45, 2.75) is 50.7 Å². The number of hydrogen-bond acceptors (Lipinski definition) is 7. The van der Waals surface area contributed by atoms with E-state index in [9.17, 15) is 19.2 Å². The Balaban J connectivity index is 2.34. The van der Waals surface area contributed by atoms with Crippen molar-refractivity contribution in [2.24, 2.45) is 16.5 Å². The molecule has 0 fully saturated rings. The average Bonchev–Trinajstić information content (AvgIpc) is 2.84. The quantitative estimate of drug-likeness (QED) is 0.111. The second-order valence-electron chi connectivity index (χ2n) is 8.21. The Bertz CT molecular complexity index is 974. The van der Waals surface area contributed by atoms with E-state index < -0.39 is 41.8 Å². The molecular weight excluding hydrogens is 468 g/mol. The zero-order valence-electron chi connectivity index (χ0n) is 20.5. The number of fused-ring (bicyclic) bond motifs is 13. The molecule has 0 radical (unpaired) electrons. The normalized spacial score (nSPS) is 20.8. The summed E-state index contributed by atoms with van der Waals surface area (Å²) in [7, 11) is 1.22. The molecule has 2 heterocycles. The molecule has 0 saturated heterocycles. The van der Waals surface area contributed by atoms with Crippen molar-refractivity contribution in [1.82, 2.24) is 16.0 Å². The number of methoxy groups -OCH3 is 1. The zero-order chi connectivity index (χ0) is 26.5. The third kappa shape index (κ3) is 9.65. The van der Waals surface area contributed by atoms with E-state index >= 15 is 0 Å². The fourth-order valence-electron chi connectivity index (χ4n) is 3.53. The van der Waals surface area contributed by atoms with E-state index in [-0.39, 0.29) is 38.4 Å². The first-order chi connectivity index (χ1) is 17.2. The Hall–Kier alpha value is -4.09. The largest absolute Gasteiger partial charge is 0.490 e. The van der Waals surface area contributed by atoms with Gasteiger partial charge >= 0.3 is 5.97 Å². The summed E-state index contributed by atoms with van der Waals surface area (Å²) in [5, 5.41) is 7.97. The molecule has 0 unspecified atom stereocenters. The van der Waals surface area contributed by atoms with Crippen LogP contribution in [-0.2, 0) is 30.3 Å². The van der Waals surface area contributed by atoms with Crippen LogP contribution in [-0.4, -0.2) is 68.0 Å². The number of nitrogens with two attached hydrogens (primary N) is 2. The van der Waals surface area contributed by atoms with E-state index in [4.69, 9.17) is 20.9 Å². The molecule has 3 atom stereocenters. The van der Waals surface area contributed by atoms with Crippen molar-refractivity contribution in [3.63, 3.8) is 0 Å². The van der Waals surface area contributed by atoms with Crippen LogP contribution in [0.25, 0.3) is 0 Å². The zero-order valence-corrected chi connectivity index (χ0v) is 20.5. The lowest BCUT2D eigenvalue weighted by molar-refractivity contribution is -0.145. The van der Waals surface area contributed by atoms with Crippen LogP contribution in [0.4, 0.5) is 0 Å². The number of ether oxygens (including phenoxy) is 2. The van der Waals surface area contributed by atoms with Crippen LogP contribution in [0.2, 0.25) is 0 Å². The predicted molar refractivity (Wildman–Crippen MR) is 133 cm³/mol. The summed E-state index contributed by atoms with van der Waals surface area (Å²) < 4.78 is 10.5. The van der Waals surface area contributed by atoms with Gasteiger partial charge in [-0.05, 0) is 37.0 Å². The van der Waals surface area contributed by atoms with Gasteiger partial charge in [0.1, 0.15) is 30.5 Å². The first-order valence-electron chi connectivity index (χ1n) is 11.6. The number of esters is 1. The topological polar surface area (TPSA) is 187 Å². The summed E-state index contributed by atoms with van der Waals surface area (Å²) in [4.78, 5) is 54.3. The van der Waals surface area contributed by atoms with Gasteiger partial charge in [0.05, 0.1) is 7.11 Å². The number of carbonyl (C=O) groups excluding carboxylic acids is 4. The molecule has 0 aromatic heterocycles. The Morgan fingerprint density at radius 2 is 1.86 bits per heavy atom. The Labute approximate surface area is 209 Å². The molecule has 2 aliphatic heterocycles. The van der Waals surface area contributed by atoms with Crippen molar-refractivity contribution < 1.29 is 28.7 Å². The lowest BCUT2D eigenvalue weighted by Crippen LogP contribution is -2.56. The van der Waals surface area contributed by atoms with E-state index in [1.807, 2.05) is 0 Å². The number of nitrogens with one attached hydrogen (secondary N) is 3. The minimum absolute atomic E-state index is 0.0874. The SMILES string of the molecule is COC(=O)[C@@H]1CC=CCOc2ccc(cc2)C[C@H](NC(C)=O)C(=O)N[C@H](CCCN=C(N)N)C(=O)N1. The molecule has 0 aliphatic carbocycles. The molecule has 3 amide bonds. The second-order valence-corrected chi connectivity index (χ2v) is 8.21. The minimum atomic E-state index is -1.01. The van der Waals surface area contributed by atoms with Crippen LogP contribution in [0.15, 0.2) is 41.4 Å². The van der Waals surface area contributed by atoms with Gasteiger partial charge in [-0.15, -0.1) is 0 Å². The summed E-state index contributed by atoms with van der Waals surface area (Å²) in [6.45, 7) is 1.80. The molecule has 1 aromatic carbocycles. The molecule has 0 saturated carbocycles. The summed E-state index contributed by atoms with van der Waals surface area (Å²) in [6, 6.07) is 4.20. The molecular formula is C24H34N6O6. The standard InChI is InChI=1S/C24H34N6O6/c1-15(31)28-20-14-16-8-10-17(11-9-16)36-13-4-3-6-19(23(34)35-2)30-21(32)18(29-22(20)33)7-5-12-27-24(25)26/h3-4,8-11,18-20H,5-7,12-14H2,1-2H3,(H,28,31)(H,29,33)(H,30,32)(H4,25,26,27)/t18-,19+,20+/m1/s1. The van der Waals surface area contributed by atoms with Crippen molar-refractivity contribution in [1.29, 1.82) is 0 Å². The average molecular weight is 503 g/mol. The van der Waals surface area contributed by atoms with Gasteiger partial charge in [0, 0.05) is 19.9 Å². The van der Waals surface area contributed by atoms with Crippen LogP contribution in [0.1, 0.15) is 31.7 Å². The number of benzene rings is 1. The number of rotatable bonds is 6. The van der Waals surface area contributed by atoms with Gasteiger partial charge in [-0.3, -0.25) is 19.4 Å². The van der Waals surface area contributed by atoms with Crippen molar-refractivity contribution >= 4 is 29.7 Å². The first kappa shape index (κ1) is 28.1. The predicted octanol–water partition coefficient (Wildman–Crippen LogP) is -0.731. The first-order valence-corrected chi connectivity index (χ1v) is 11.6. The molecule has 0 spiro atoms. The summed E-state index contributed by atoms with van der Waals surface area (Å²) in [5.74, 6) is -1.63. The number of amides is 3. The van der Waals surface area contributed by atoms with Gasteiger partial charge in [-0.25, -0.2) is 4.79 Å². The molecule has 196 valence electrons. The second kappa shape index (κ2) is 14.3. The van der Waals surface area contributed by atoms with E-state index in [0.29, 0.717) is 12.2 Å². The van der Waals surface area contributed by atoms with Crippen LogP contribution in [0, 0.1) is 0 Å². The summed E-state index contributed by atoms with van der Waals surface area (Å²) in [6.07, 6.45) is 4.35. The van der Waals surface area contributed by atoms with Gasteiger partial charge in [0.15, 0.2) is 5.96 Å². The molecule has 2 bridgehead atoms. The minimum Gasteiger partial charge on any atom is -0.490 e. The Morgan fingerprint density at radius 1 is 1.14 bits per heavy atom. The van der Waals surface area contributed by atoms with E-state index in [0.717, 1.165) is 5.56 Å². The fraction of sp³-hybridized carbons (Fsp3) is 0.458. The third-order valence-corrected chi connectivity index (χ3v) is 5.32. The molecule has 36 heavy (non-hydrogen) atoms. The van der Waals surface area contributed by atoms with Crippen LogP contribution in [0.3, 0.4) is 0 Å². The van der Waals surface area contributed by atoms with Crippen LogP contribution < -0.4 is 32.2 Å². The molecule has 2 aliphatic rings. The maximum atomic E-state index is 13.2. The van der Waals surface area contributed by atoms with Crippen LogP contribution in [0.5, 0.6) is 5.75 Å². The lowest BCUT2D eigenvalue weighted by atomic mass is 10.0. The molecule has 12 heteroatoms. The highest BCUT2D eigenvalue weighted by Gasteiger charge is 2.29. The molecule has 1 aromatic rings. The number of nitrogens with zero attached hydrogens (tertiary/aromatic N) is 1. The maximum absolute atomic E-state index is 13.2. The number of guanidine groups is 1. The third-order valence-electron chi connectivity index (χ3n) is 5.32. The van der Waals surface area contributed by atoms with Gasteiger partial charge in [-0.1, -0.05) is 24.3 Å². The van der Waals surface area contributed by atoms with Crippen LogP contribution >= 0.6 is 0 Å². The summed E-state index contributed by atoms with van der Waals surface area (Å²) in [5.41, 5.74) is 11.5. The lowest BCUT2D eigenvalue weighted by Gasteiger charge is -2.24. The van der Waals surface area contributed by atoms with Gasteiger partial charge < -0.3 is 36.9 Å². The van der Waals surface area contributed by atoms with Crippen molar-refractivity contribution in [3.05, 3.63) is 42.0 Å². The van der Waals surface area contributed by atoms with Gasteiger partial charge in [-0.2, -0.15) is 0 Å². The number of carbonyl (C=O) groups is 4. The number of hydrogen-bond donors (Lipinski definition) is 5. The highest BCUT2D eigenvalue weighted by atomic mass is 16.5. The van der Waals surface area contributed by atoms with Gasteiger partial charge in [0.25, 0.3) is 0 Å². The van der Waals surface area contributed by atoms with Crippen molar-refractivity contribution in [2.75, 3.05) is 20.3 Å². The fourth-order valence-corrected chi connectivity index (χ4v) is 3.53. The molecule has 3 rings (SSSR count). The summed E-state index contributed by atoms with van der Waals surface area (Å²) >= 11 is 0. The monoisotopic (exact) mass is 502 g/mol. The van der Waals surface area contributed by atoms with Crippen molar-refractivity contribution in [3.8, 4) is 5.75 Å². The van der Waals surface area contributed by atoms with Gasteiger partial charge in [0.2, 0.25) is 17.7 Å². The maximum Gasteiger partial charge on any atom is 0.328 e. The highest BCUT2D eigenvalue weighted by molar-refractivity contribution is 5.93. The number of aliphatic imine (C=N–C) groups is 1. The van der Waals surface area contributed by atoms with E-state index in [2.05, 4.69) is 20.9 Å². The van der Waals surface area contributed by atoms with E-state index in [1.165, 1.54) is 14.0 Å². The van der Waals surface area contributed by atoms with E-state index in [1.54, 1.807) is 36.4 Å². The molecule has 12 nitrogen and oxygen atoms in total. The Kier molecular flexibility index (Phi) is 11.2. The highest BCUT2D eigenvalue weighted by Crippen LogP contribution is 2.14. The Morgan fingerprint density at radius 3 is 2.50 bits per heavy atom.